The number of nitrogens with two attached hydrogens (primary N) is 1. The molecule has 1 aliphatic rings. The number of carbonyl (C=O) groups is 1. The van der Waals surface area contributed by atoms with Crippen molar-refractivity contribution in [3.05, 3.63) is 58.9 Å². The fourth-order valence-corrected chi connectivity index (χ4v) is 2.69. The zero-order chi connectivity index (χ0) is 16.2. The van der Waals surface area contributed by atoms with Gasteiger partial charge in [-0.3, -0.25) is 9.78 Å². The highest BCUT2D eigenvalue weighted by Gasteiger charge is 2.25. The Morgan fingerprint density at radius 2 is 2.04 bits per heavy atom. The van der Waals surface area contributed by atoms with Gasteiger partial charge in [-0.1, -0.05) is 23.7 Å². The van der Waals surface area contributed by atoms with Crippen LogP contribution in [0.5, 0.6) is 0 Å². The van der Waals surface area contributed by atoms with Gasteiger partial charge >= 0.3 is 0 Å². The van der Waals surface area contributed by atoms with E-state index in [1.54, 1.807) is 18.3 Å². The first-order chi connectivity index (χ1) is 11.1. The molecule has 2 N–H and O–H groups in total. The van der Waals surface area contributed by atoms with Gasteiger partial charge < -0.3 is 15.4 Å². The van der Waals surface area contributed by atoms with E-state index in [9.17, 15) is 4.79 Å². The summed E-state index contributed by atoms with van der Waals surface area (Å²) in [6.07, 6.45) is 1.72. The predicted octanol–water partition coefficient (Wildman–Crippen LogP) is 2.88. The maximum absolute atomic E-state index is 12.5. The van der Waals surface area contributed by atoms with Crippen molar-refractivity contribution in [1.82, 2.24) is 9.88 Å². The standard InChI is InChI=1S/C17H18ClN3O2.ClH/c18-13-3-1-12(2-4-13)16-11-21(7-8-23-16)17(22)9-15-6-5-14(19)10-20-15;/h1-6,10,16H,7-9,11,19H2;1H. The minimum Gasteiger partial charge on any atom is -0.397 e. The van der Waals surface area contributed by atoms with Crippen LogP contribution in [0.15, 0.2) is 42.6 Å². The molecule has 0 aliphatic carbocycles. The summed E-state index contributed by atoms with van der Waals surface area (Å²) in [6, 6.07) is 11.1. The number of rotatable bonds is 3. The van der Waals surface area contributed by atoms with Crippen LogP contribution in [0.25, 0.3) is 0 Å². The van der Waals surface area contributed by atoms with Crippen LogP contribution in [0.1, 0.15) is 17.4 Å². The number of benzene rings is 1. The second-order valence-electron chi connectivity index (χ2n) is 5.51. The van der Waals surface area contributed by atoms with Crippen molar-refractivity contribution >= 4 is 35.6 Å². The van der Waals surface area contributed by atoms with Crippen LogP contribution < -0.4 is 5.73 Å². The molecule has 1 aromatic carbocycles. The molecule has 1 amide bonds. The number of amides is 1. The van der Waals surface area contributed by atoms with Crippen LogP contribution in [0.4, 0.5) is 5.69 Å². The van der Waals surface area contributed by atoms with Gasteiger partial charge in [-0.25, -0.2) is 0 Å². The van der Waals surface area contributed by atoms with Crippen molar-refractivity contribution < 1.29 is 9.53 Å². The average molecular weight is 368 g/mol. The molecule has 1 unspecified atom stereocenters. The fraction of sp³-hybridized carbons (Fsp3) is 0.294. The van der Waals surface area contributed by atoms with E-state index in [-0.39, 0.29) is 30.8 Å². The number of hydrogen-bond acceptors (Lipinski definition) is 4. The third-order valence-corrected chi connectivity index (χ3v) is 4.09. The Labute approximate surface area is 152 Å². The molecular weight excluding hydrogens is 349 g/mol. The first kappa shape index (κ1) is 18.5. The van der Waals surface area contributed by atoms with Gasteiger partial charge in [-0.05, 0) is 29.8 Å². The molecule has 7 heteroatoms. The third-order valence-electron chi connectivity index (χ3n) is 3.84. The summed E-state index contributed by atoms with van der Waals surface area (Å²) in [5.41, 5.74) is 7.95. The molecule has 1 aromatic heterocycles. The van der Waals surface area contributed by atoms with Crippen LogP contribution in [0.2, 0.25) is 5.02 Å². The number of aromatic nitrogens is 1. The molecule has 2 heterocycles. The van der Waals surface area contributed by atoms with E-state index in [1.165, 1.54) is 0 Å². The predicted molar refractivity (Wildman–Crippen MR) is 96.3 cm³/mol. The zero-order valence-corrected chi connectivity index (χ0v) is 14.6. The highest BCUT2D eigenvalue weighted by molar-refractivity contribution is 6.30. The normalized spacial score (nSPS) is 17.2. The number of pyridine rings is 1. The van der Waals surface area contributed by atoms with Gasteiger partial charge in [-0.15, -0.1) is 12.4 Å². The van der Waals surface area contributed by atoms with Gasteiger partial charge in [0.25, 0.3) is 0 Å². The maximum Gasteiger partial charge on any atom is 0.228 e. The SMILES string of the molecule is Cl.Nc1ccc(CC(=O)N2CCOC(c3ccc(Cl)cc3)C2)nc1. The summed E-state index contributed by atoms with van der Waals surface area (Å²) in [5.74, 6) is 0.0459. The van der Waals surface area contributed by atoms with E-state index in [2.05, 4.69) is 4.98 Å². The second kappa shape index (κ2) is 8.33. The molecule has 3 rings (SSSR count). The van der Waals surface area contributed by atoms with Crippen molar-refractivity contribution in [3.63, 3.8) is 0 Å². The van der Waals surface area contributed by atoms with Gasteiger partial charge in [0.1, 0.15) is 6.10 Å². The molecule has 1 aliphatic heterocycles. The quantitative estimate of drug-likeness (QED) is 0.905. The summed E-state index contributed by atoms with van der Waals surface area (Å²) >= 11 is 5.91. The Kier molecular flexibility index (Phi) is 6.43. The number of hydrogen-bond donors (Lipinski definition) is 1. The lowest BCUT2D eigenvalue weighted by atomic mass is 10.1. The van der Waals surface area contributed by atoms with Crippen molar-refractivity contribution in [2.75, 3.05) is 25.4 Å². The molecule has 2 aromatic rings. The Balaban J connectivity index is 0.00000208. The highest BCUT2D eigenvalue weighted by atomic mass is 35.5. The van der Waals surface area contributed by atoms with Crippen molar-refractivity contribution in [3.8, 4) is 0 Å². The average Bonchev–Trinajstić information content (AvgIpc) is 2.58. The molecule has 0 saturated carbocycles. The molecule has 128 valence electrons. The van der Waals surface area contributed by atoms with E-state index in [1.807, 2.05) is 29.2 Å². The number of ether oxygens (including phenoxy) is 1. The lowest BCUT2D eigenvalue weighted by Crippen LogP contribution is -2.43. The van der Waals surface area contributed by atoms with Crippen molar-refractivity contribution in [1.29, 1.82) is 0 Å². The second-order valence-corrected chi connectivity index (χ2v) is 5.95. The van der Waals surface area contributed by atoms with Gasteiger partial charge in [0, 0.05) is 17.3 Å². The number of carbonyl (C=O) groups excluding carboxylic acids is 1. The Morgan fingerprint density at radius 3 is 2.71 bits per heavy atom. The number of nitrogens with zero attached hydrogens (tertiary/aromatic N) is 2. The monoisotopic (exact) mass is 367 g/mol. The van der Waals surface area contributed by atoms with Gasteiger partial charge in [0.15, 0.2) is 0 Å². The molecule has 0 radical (unpaired) electrons. The van der Waals surface area contributed by atoms with Gasteiger partial charge in [-0.2, -0.15) is 0 Å². The summed E-state index contributed by atoms with van der Waals surface area (Å²) in [6.45, 7) is 1.65. The number of halogens is 2. The Morgan fingerprint density at radius 1 is 1.29 bits per heavy atom. The summed E-state index contributed by atoms with van der Waals surface area (Å²) in [7, 11) is 0. The lowest BCUT2D eigenvalue weighted by molar-refractivity contribution is -0.138. The zero-order valence-electron chi connectivity index (χ0n) is 13.0. The minimum atomic E-state index is -0.121. The molecule has 24 heavy (non-hydrogen) atoms. The van der Waals surface area contributed by atoms with Crippen LogP contribution in [-0.4, -0.2) is 35.5 Å². The van der Waals surface area contributed by atoms with Crippen molar-refractivity contribution in [2.24, 2.45) is 0 Å². The third kappa shape index (κ3) is 4.60. The van der Waals surface area contributed by atoms with Gasteiger partial charge in [0.05, 0.1) is 31.5 Å². The van der Waals surface area contributed by atoms with Crippen molar-refractivity contribution in [2.45, 2.75) is 12.5 Å². The number of nitrogen functional groups attached to an aromatic ring is 1. The lowest BCUT2D eigenvalue weighted by Gasteiger charge is -2.33. The smallest absolute Gasteiger partial charge is 0.228 e. The number of anilines is 1. The molecule has 1 saturated heterocycles. The number of morpholine rings is 1. The van der Waals surface area contributed by atoms with Crippen LogP contribution in [0, 0.1) is 0 Å². The minimum absolute atomic E-state index is 0. The summed E-state index contributed by atoms with van der Waals surface area (Å²) in [4.78, 5) is 18.5. The molecule has 1 atom stereocenters. The Hall–Kier alpha value is -1.82. The molecule has 0 bridgehead atoms. The highest BCUT2D eigenvalue weighted by Crippen LogP contribution is 2.24. The maximum atomic E-state index is 12.5. The first-order valence-electron chi connectivity index (χ1n) is 7.47. The summed E-state index contributed by atoms with van der Waals surface area (Å²) in [5, 5.41) is 0.687. The Bertz CT molecular complexity index is 677. The van der Waals surface area contributed by atoms with E-state index < -0.39 is 0 Å². The fourth-order valence-electron chi connectivity index (χ4n) is 2.56. The largest absolute Gasteiger partial charge is 0.397 e. The van der Waals surface area contributed by atoms with E-state index in [0.717, 1.165) is 11.3 Å². The van der Waals surface area contributed by atoms with Crippen LogP contribution in [-0.2, 0) is 16.0 Å². The van der Waals surface area contributed by atoms with Crippen LogP contribution in [0.3, 0.4) is 0 Å². The summed E-state index contributed by atoms with van der Waals surface area (Å²) < 4.78 is 5.78. The van der Waals surface area contributed by atoms with Gasteiger partial charge in [0.2, 0.25) is 5.91 Å². The van der Waals surface area contributed by atoms with Crippen LogP contribution >= 0.6 is 24.0 Å². The topological polar surface area (TPSA) is 68.5 Å². The van der Waals surface area contributed by atoms with E-state index in [4.69, 9.17) is 22.1 Å². The molecular formula is C17H19Cl2N3O2. The molecule has 0 spiro atoms. The molecule has 5 nitrogen and oxygen atoms in total. The van der Waals surface area contributed by atoms with E-state index in [0.29, 0.717) is 30.4 Å². The molecule has 1 fully saturated rings. The van der Waals surface area contributed by atoms with E-state index >= 15 is 0 Å². The first-order valence-corrected chi connectivity index (χ1v) is 7.85.